The molecule has 1 rings (SSSR count). The fraction of sp³-hybridized carbons (Fsp3) is 0.750. The van der Waals surface area contributed by atoms with E-state index in [-0.39, 0.29) is 6.61 Å². The number of ether oxygens (including phenoxy) is 4. The SMILES string of the molecule is C=CC[C@]1(C=O)CO[C@@](C)(OC)[C@](C)(OC)O1. The van der Waals surface area contributed by atoms with E-state index in [9.17, 15) is 4.79 Å². The molecule has 0 amide bonds. The van der Waals surface area contributed by atoms with Crippen molar-refractivity contribution in [1.29, 1.82) is 0 Å². The van der Waals surface area contributed by atoms with Gasteiger partial charge in [0.05, 0.1) is 6.61 Å². The van der Waals surface area contributed by atoms with Gasteiger partial charge in [0.2, 0.25) is 11.6 Å². The van der Waals surface area contributed by atoms with Crippen LogP contribution in [0.1, 0.15) is 20.3 Å². The molecular formula is C12H20O5. The number of hydrogen-bond acceptors (Lipinski definition) is 5. The summed E-state index contributed by atoms with van der Waals surface area (Å²) < 4.78 is 22.0. The van der Waals surface area contributed by atoms with Gasteiger partial charge in [0, 0.05) is 20.6 Å². The molecular weight excluding hydrogens is 224 g/mol. The Morgan fingerprint density at radius 1 is 1.29 bits per heavy atom. The smallest absolute Gasteiger partial charge is 0.221 e. The van der Waals surface area contributed by atoms with Crippen LogP contribution in [0.15, 0.2) is 12.7 Å². The normalized spacial score (nSPS) is 42.1. The molecule has 17 heavy (non-hydrogen) atoms. The zero-order chi connectivity index (χ0) is 13.2. The minimum absolute atomic E-state index is 0.103. The van der Waals surface area contributed by atoms with Crippen molar-refractivity contribution in [2.75, 3.05) is 20.8 Å². The molecule has 5 heteroatoms. The van der Waals surface area contributed by atoms with Crippen LogP contribution in [0.2, 0.25) is 0 Å². The molecule has 0 aromatic heterocycles. The number of carbonyl (C=O) groups is 1. The van der Waals surface area contributed by atoms with Crippen LogP contribution in [0.5, 0.6) is 0 Å². The van der Waals surface area contributed by atoms with E-state index in [0.29, 0.717) is 6.42 Å². The average molecular weight is 244 g/mol. The van der Waals surface area contributed by atoms with Crippen LogP contribution in [0.3, 0.4) is 0 Å². The highest BCUT2D eigenvalue weighted by atomic mass is 16.8. The van der Waals surface area contributed by atoms with Crippen molar-refractivity contribution in [3.05, 3.63) is 12.7 Å². The molecule has 1 heterocycles. The van der Waals surface area contributed by atoms with Crippen LogP contribution in [-0.4, -0.2) is 44.3 Å². The first-order valence-corrected chi connectivity index (χ1v) is 5.42. The van der Waals surface area contributed by atoms with Gasteiger partial charge < -0.3 is 23.7 Å². The second kappa shape index (κ2) is 4.86. The maximum atomic E-state index is 11.2. The highest BCUT2D eigenvalue weighted by Crippen LogP contribution is 2.40. The molecule has 0 aromatic rings. The van der Waals surface area contributed by atoms with Gasteiger partial charge in [-0.2, -0.15) is 0 Å². The predicted molar refractivity (Wildman–Crippen MR) is 61.5 cm³/mol. The first-order chi connectivity index (χ1) is 7.91. The van der Waals surface area contributed by atoms with E-state index in [1.165, 1.54) is 14.2 Å². The lowest BCUT2D eigenvalue weighted by molar-refractivity contribution is -0.442. The third kappa shape index (κ3) is 2.28. The largest absolute Gasteiger partial charge is 0.349 e. The standard InChI is InChI=1S/C12H20O5/c1-6-7-12(8-13)9-16-10(2,14-4)11(3,15-5)17-12/h6,8H,1,7,9H2,2-5H3/t10-,11-,12+/m1/s1. The molecule has 0 radical (unpaired) electrons. The quantitative estimate of drug-likeness (QED) is 0.538. The molecule has 5 nitrogen and oxygen atoms in total. The molecule has 3 atom stereocenters. The van der Waals surface area contributed by atoms with Crippen molar-refractivity contribution < 1.29 is 23.7 Å². The van der Waals surface area contributed by atoms with E-state index < -0.39 is 17.2 Å². The van der Waals surface area contributed by atoms with Gasteiger partial charge in [-0.15, -0.1) is 6.58 Å². The van der Waals surface area contributed by atoms with Gasteiger partial charge in [-0.3, -0.25) is 0 Å². The maximum absolute atomic E-state index is 11.2. The molecule has 0 aliphatic carbocycles. The Bertz CT molecular complexity index is 305. The van der Waals surface area contributed by atoms with E-state index in [0.717, 1.165) is 6.29 Å². The molecule has 0 spiro atoms. The summed E-state index contributed by atoms with van der Waals surface area (Å²) in [4.78, 5) is 11.2. The predicted octanol–water partition coefficient (Wildman–Crippen LogP) is 1.27. The minimum Gasteiger partial charge on any atom is -0.349 e. The van der Waals surface area contributed by atoms with Crippen molar-refractivity contribution in [1.82, 2.24) is 0 Å². The molecule has 0 saturated carbocycles. The molecule has 0 aromatic carbocycles. The molecule has 0 bridgehead atoms. The second-order valence-corrected chi connectivity index (χ2v) is 4.37. The molecule has 98 valence electrons. The van der Waals surface area contributed by atoms with Crippen molar-refractivity contribution in [2.45, 2.75) is 37.4 Å². The molecule has 1 saturated heterocycles. The summed E-state index contributed by atoms with van der Waals surface area (Å²) in [6.07, 6.45) is 2.69. The van der Waals surface area contributed by atoms with Crippen LogP contribution in [-0.2, 0) is 23.7 Å². The maximum Gasteiger partial charge on any atom is 0.221 e. The molecule has 1 aliphatic rings. The lowest BCUT2D eigenvalue weighted by atomic mass is 9.97. The Kier molecular flexibility index (Phi) is 4.09. The third-order valence-electron chi connectivity index (χ3n) is 3.30. The molecule has 0 N–H and O–H groups in total. The lowest BCUT2D eigenvalue weighted by Crippen LogP contribution is -2.66. The van der Waals surface area contributed by atoms with Gasteiger partial charge >= 0.3 is 0 Å². The van der Waals surface area contributed by atoms with E-state index in [2.05, 4.69) is 6.58 Å². The van der Waals surface area contributed by atoms with E-state index >= 15 is 0 Å². The number of methoxy groups -OCH3 is 2. The first-order valence-electron chi connectivity index (χ1n) is 5.42. The van der Waals surface area contributed by atoms with Crippen LogP contribution in [0, 0.1) is 0 Å². The number of hydrogen-bond donors (Lipinski definition) is 0. The number of carbonyl (C=O) groups excluding carboxylic acids is 1. The minimum atomic E-state index is -1.16. The molecule has 1 fully saturated rings. The summed E-state index contributed by atoms with van der Waals surface area (Å²) in [6.45, 7) is 7.10. The van der Waals surface area contributed by atoms with Crippen molar-refractivity contribution in [3.8, 4) is 0 Å². The Morgan fingerprint density at radius 3 is 2.29 bits per heavy atom. The van der Waals surface area contributed by atoms with Gasteiger partial charge in [-0.1, -0.05) is 6.08 Å². The first kappa shape index (κ1) is 14.3. The fourth-order valence-electron chi connectivity index (χ4n) is 1.82. The van der Waals surface area contributed by atoms with E-state index in [1.807, 2.05) is 0 Å². The topological polar surface area (TPSA) is 54.0 Å². The van der Waals surface area contributed by atoms with E-state index in [1.54, 1.807) is 19.9 Å². The summed E-state index contributed by atoms with van der Waals surface area (Å²) in [5.41, 5.74) is -1.06. The Labute approximate surface area is 102 Å². The van der Waals surface area contributed by atoms with Gasteiger partial charge in [0.15, 0.2) is 11.9 Å². The van der Waals surface area contributed by atoms with Crippen LogP contribution in [0.25, 0.3) is 0 Å². The van der Waals surface area contributed by atoms with Crippen molar-refractivity contribution >= 4 is 6.29 Å². The highest BCUT2D eigenvalue weighted by Gasteiger charge is 2.57. The zero-order valence-corrected chi connectivity index (χ0v) is 10.8. The third-order valence-corrected chi connectivity index (χ3v) is 3.30. The Hall–Kier alpha value is -0.750. The van der Waals surface area contributed by atoms with Gasteiger partial charge in [-0.05, 0) is 13.8 Å². The second-order valence-electron chi connectivity index (χ2n) is 4.37. The van der Waals surface area contributed by atoms with Crippen LogP contribution < -0.4 is 0 Å². The monoisotopic (exact) mass is 244 g/mol. The Morgan fingerprint density at radius 2 is 1.88 bits per heavy atom. The van der Waals surface area contributed by atoms with E-state index in [4.69, 9.17) is 18.9 Å². The summed E-state index contributed by atoms with van der Waals surface area (Å²) in [6, 6.07) is 0. The van der Waals surface area contributed by atoms with Crippen molar-refractivity contribution in [2.24, 2.45) is 0 Å². The van der Waals surface area contributed by atoms with Crippen LogP contribution in [0.4, 0.5) is 0 Å². The van der Waals surface area contributed by atoms with Gasteiger partial charge in [-0.25, -0.2) is 0 Å². The lowest BCUT2D eigenvalue weighted by Gasteiger charge is -2.51. The average Bonchev–Trinajstić information content (AvgIpc) is 2.34. The summed E-state index contributed by atoms with van der Waals surface area (Å²) in [7, 11) is 2.98. The summed E-state index contributed by atoms with van der Waals surface area (Å²) >= 11 is 0. The Balaban J connectivity index is 3.04. The van der Waals surface area contributed by atoms with Gasteiger partial charge in [0.25, 0.3) is 0 Å². The zero-order valence-electron chi connectivity index (χ0n) is 10.8. The molecule has 1 aliphatic heterocycles. The number of aldehydes is 1. The summed E-state index contributed by atoms with van der Waals surface area (Å²) in [5, 5.41) is 0. The summed E-state index contributed by atoms with van der Waals surface area (Å²) in [5.74, 6) is -2.22. The van der Waals surface area contributed by atoms with Crippen LogP contribution >= 0.6 is 0 Å². The fourth-order valence-corrected chi connectivity index (χ4v) is 1.82. The number of rotatable bonds is 5. The van der Waals surface area contributed by atoms with Gasteiger partial charge in [0.1, 0.15) is 0 Å². The highest BCUT2D eigenvalue weighted by molar-refractivity contribution is 5.63. The molecule has 0 unspecified atom stereocenters. The van der Waals surface area contributed by atoms with Crippen molar-refractivity contribution in [3.63, 3.8) is 0 Å².